The smallest absolute Gasteiger partial charge is 0.115 e. The SMILES string of the molecule is O=S(=O)([O-])[C-]1C=CC=CC1=C(c1ccc(O)cc1)c1ccc(O)cc1. The minimum atomic E-state index is -4.68. The minimum absolute atomic E-state index is 0.0681. The second kappa shape index (κ2) is 6.51. The van der Waals surface area contributed by atoms with E-state index in [4.69, 9.17) is 0 Å². The van der Waals surface area contributed by atoms with E-state index in [1.807, 2.05) is 0 Å². The second-order valence-electron chi connectivity index (χ2n) is 5.42. The molecule has 3 rings (SSSR count). The van der Waals surface area contributed by atoms with Crippen LogP contribution in [0.1, 0.15) is 11.1 Å². The van der Waals surface area contributed by atoms with Gasteiger partial charge in [0.15, 0.2) is 0 Å². The molecule has 5 nitrogen and oxygen atoms in total. The van der Waals surface area contributed by atoms with Crippen LogP contribution in [0.3, 0.4) is 0 Å². The quantitative estimate of drug-likeness (QED) is 0.652. The van der Waals surface area contributed by atoms with Gasteiger partial charge in [0.05, 0.1) is 10.1 Å². The van der Waals surface area contributed by atoms with Gasteiger partial charge in [-0.15, -0.1) is 29.9 Å². The Labute approximate surface area is 145 Å². The number of hydrogen-bond acceptors (Lipinski definition) is 5. The summed E-state index contributed by atoms with van der Waals surface area (Å²) in [6.45, 7) is 0. The van der Waals surface area contributed by atoms with Gasteiger partial charge < -0.3 is 14.8 Å². The van der Waals surface area contributed by atoms with Crippen molar-refractivity contribution < 1.29 is 23.2 Å². The summed E-state index contributed by atoms with van der Waals surface area (Å²) in [6, 6.07) is 12.4. The van der Waals surface area contributed by atoms with Crippen LogP contribution in [0.2, 0.25) is 0 Å². The monoisotopic (exact) mass is 354 g/mol. The number of aromatic hydroxyl groups is 2. The largest absolute Gasteiger partial charge is 0.752 e. The molecule has 0 spiro atoms. The Kier molecular flexibility index (Phi) is 4.39. The summed E-state index contributed by atoms with van der Waals surface area (Å²) in [5.41, 5.74) is 2.02. The zero-order valence-electron chi connectivity index (χ0n) is 13.0. The normalized spacial score (nSPS) is 14.0. The zero-order chi connectivity index (χ0) is 18.0. The highest BCUT2D eigenvalue weighted by molar-refractivity contribution is 7.89. The van der Waals surface area contributed by atoms with Crippen LogP contribution < -0.4 is 0 Å². The topological polar surface area (TPSA) is 97.7 Å². The molecule has 0 fully saturated rings. The van der Waals surface area contributed by atoms with E-state index in [9.17, 15) is 23.2 Å². The number of hydrogen-bond donors (Lipinski definition) is 2. The van der Waals surface area contributed by atoms with Crippen molar-refractivity contribution in [3.05, 3.63) is 94.8 Å². The average molecular weight is 354 g/mol. The molecule has 2 aromatic carbocycles. The van der Waals surface area contributed by atoms with Gasteiger partial charge in [0.25, 0.3) is 0 Å². The Hall–Kier alpha value is -2.96. The molecule has 1 aliphatic carbocycles. The highest BCUT2D eigenvalue weighted by Crippen LogP contribution is 2.37. The van der Waals surface area contributed by atoms with Crippen molar-refractivity contribution in [3.63, 3.8) is 0 Å². The molecule has 0 saturated heterocycles. The molecule has 0 aromatic heterocycles. The summed E-state index contributed by atoms with van der Waals surface area (Å²) in [5, 5.41) is 18.7. The van der Waals surface area contributed by atoms with Gasteiger partial charge in [-0.1, -0.05) is 41.0 Å². The van der Waals surface area contributed by atoms with Gasteiger partial charge in [0.1, 0.15) is 11.5 Å². The molecule has 0 saturated carbocycles. The number of phenolic OH excluding ortho intramolecular Hbond substituents is 2. The lowest BCUT2D eigenvalue weighted by molar-refractivity contribution is 0.467. The van der Waals surface area contributed by atoms with Crippen molar-refractivity contribution in [3.8, 4) is 11.5 Å². The molecular formula is C19H14O5S-2. The van der Waals surface area contributed by atoms with Crippen LogP contribution >= 0.6 is 0 Å². The van der Waals surface area contributed by atoms with E-state index in [0.717, 1.165) is 0 Å². The van der Waals surface area contributed by atoms with E-state index in [-0.39, 0.29) is 22.3 Å². The number of allylic oxidation sites excluding steroid dienone is 3. The maximum atomic E-state index is 11.7. The third-order valence-corrected chi connectivity index (χ3v) is 4.63. The number of rotatable bonds is 3. The van der Waals surface area contributed by atoms with Crippen molar-refractivity contribution in [1.29, 1.82) is 0 Å². The van der Waals surface area contributed by atoms with E-state index in [2.05, 4.69) is 0 Å². The zero-order valence-corrected chi connectivity index (χ0v) is 13.8. The lowest BCUT2D eigenvalue weighted by atomic mass is 9.89. The Morgan fingerprint density at radius 1 is 0.840 bits per heavy atom. The van der Waals surface area contributed by atoms with Crippen LogP contribution in [0.25, 0.3) is 5.57 Å². The van der Waals surface area contributed by atoms with Crippen LogP contribution in [0.15, 0.2) is 78.4 Å². The molecule has 0 aliphatic heterocycles. The minimum Gasteiger partial charge on any atom is -0.752 e. The molecule has 0 unspecified atom stereocenters. The summed E-state index contributed by atoms with van der Waals surface area (Å²) >= 11 is 0. The molecule has 6 heteroatoms. The molecule has 2 N–H and O–H groups in total. The van der Waals surface area contributed by atoms with Crippen molar-refractivity contribution in [2.45, 2.75) is 0 Å². The number of phenols is 2. The highest BCUT2D eigenvalue weighted by atomic mass is 32.2. The van der Waals surface area contributed by atoms with Crippen LogP contribution in [-0.2, 0) is 10.1 Å². The Morgan fingerprint density at radius 2 is 1.32 bits per heavy atom. The van der Waals surface area contributed by atoms with Gasteiger partial charge in [0.2, 0.25) is 0 Å². The number of benzene rings is 2. The van der Waals surface area contributed by atoms with Crippen molar-refractivity contribution in [2.24, 2.45) is 0 Å². The maximum absolute atomic E-state index is 11.7. The molecule has 2 aromatic rings. The molecular weight excluding hydrogens is 340 g/mol. The first-order valence-corrected chi connectivity index (χ1v) is 8.78. The maximum Gasteiger partial charge on any atom is 0.115 e. The molecule has 0 amide bonds. The summed E-state index contributed by atoms with van der Waals surface area (Å²) in [5.74, 6) is 0.136. The summed E-state index contributed by atoms with van der Waals surface area (Å²) in [4.78, 5) is 0. The first-order valence-electron chi connectivity index (χ1n) is 7.37. The van der Waals surface area contributed by atoms with Gasteiger partial charge in [-0.25, -0.2) is 8.42 Å². The fourth-order valence-electron chi connectivity index (χ4n) is 2.63. The lowest BCUT2D eigenvalue weighted by Gasteiger charge is -2.31. The fraction of sp³-hybridized carbons (Fsp3) is 0. The fourth-order valence-corrected chi connectivity index (χ4v) is 3.31. The predicted molar refractivity (Wildman–Crippen MR) is 93.5 cm³/mol. The van der Waals surface area contributed by atoms with Gasteiger partial charge in [-0.05, 0) is 29.5 Å². The third-order valence-electron chi connectivity index (χ3n) is 3.74. The molecule has 0 heterocycles. The van der Waals surface area contributed by atoms with Crippen molar-refractivity contribution >= 4 is 15.7 Å². The summed E-state index contributed by atoms with van der Waals surface area (Å²) in [6.07, 6.45) is 5.95. The average Bonchev–Trinajstić information content (AvgIpc) is 2.58. The van der Waals surface area contributed by atoms with E-state index in [1.54, 1.807) is 36.4 Å². The molecule has 0 bridgehead atoms. The van der Waals surface area contributed by atoms with Gasteiger partial charge in [-0.2, -0.15) is 0 Å². The second-order valence-corrected chi connectivity index (χ2v) is 6.77. The molecule has 25 heavy (non-hydrogen) atoms. The molecule has 128 valence electrons. The predicted octanol–water partition coefficient (Wildman–Crippen LogP) is 3.10. The van der Waals surface area contributed by atoms with Gasteiger partial charge in [0, 0.05) is 0 Å². The Bertz CT molecular complexity index is 918. The molecule has 0 radical (unpaired) electrons. The van der Waals surface area contributed by atoms with Crippen molar-refractivity contribution in [2.75, 3.05) is 0 Å². The van der Waals surface area contributed by atoms with Gasteiger partial charge in [-0.3, -0.25) is 0 Å². The summed E-state index contributed by atoms with van der Waals surface area (Å²) in [7, 11) is -4.68. The van der Waals surface area contributed by atoms with Crippen LogP contribution in [0.4, 0.5) is 0 Å². The van der Waals surface area contributed by atoms with E-state index >= 15 is 0 Å². The van der Waals surface area contributed by atoms with Crippen LogP contribution in [0, 0.1) is 5.25 Å². The van der Waals surface area contributed by atoms with E-state index in [0.29, 0.717) is 16.7 Å². The Balaban J connectivity index is 2.29. The first kappa shape index (κ1) is 16.9. The van der Waals surface area contributed by atoms with Crippen LogP contribution in [-0.4, -0.2) is 23.2 Å². The van der Waals surface area contributed by atoms with Crippen molar-refractivity contribution in [1.82, 2.24) is 0 Å². The standard InChI is InChI=1S/C19H15O5S/c20-15-9-5-13(6-10-15)19(14-7-11-16(21)12-8-14)17-3-1-2-4-18(17)25(22,23)24/h1-12,20-21H,(H,22,23,24)/q-1/p-1. The molecule has 1 aliphatic rings. The van der Waals surface area contributed by atoms with E-state index in [1.165, 1.54) is 36.4 Å². The van der Waals surface area contributed by atoms with Crippen LogP contribution in [0.5, 0.6) is 11.5 Å². The summed E-state index contributed by atoms with van der Waals surface area (Å²) < 4.78 is 35.0. The van der Waals surface area contributed by atoms with Gasteiger partial charge >= 0.3 is 0 Å². The first-order chi connectivity index (χ1) is 11.9. The third kappa shape index (κ3) is 3.60. The highest BCUT2D eigenvalue weighted by Gasteiger charge is 2.16. The lowest BCUT2D eigenvalue weighted by Crippen LogP contribution is -2.14. The molecule has 0 atom stereocenters. The van der Waals surface area contributed by atoms with E-state index < -0.39 is 10.1 Å². The Morgan fingerprint density at radius 3 is 1.76 bits per heavy atom.